The molecular weight excluding hydrogens is 204 g/mol. The molecule has 0 amide bonds. The molecule has 0 radical (unpaired) electrons. The van der Waals surface area contributed by atoms with Crippen LogP contribution in [0.1, 0.15) is 16.7 Å². The largest absolute Gasteiger partial charge is 0.106 e. The summed E-state index contributed by atoms with van der Waals surface area (Å²) >= 11 is 0. The highest BCUT2D eigenvalue weighted by molar-refractivity contribution is 6.01. The average molecular weight is 220 g/mol. The van der Waals surface area contributed by atoms with Gasteiger partial charge < -0.3 is 0 Å². The first kappa shape index (κ1) is 11.4. The summed E-state index contributed by atoms with van der Waals surface area (Å²) in [6.07, 6.45) is 0. The molecule has 0 nitrogen and oxygen atoms in total. The first-order valence-electron chi connectivity index (χ1n) is 5.67. The SMILES string of the molecule is C=C.C=C1c2ccccc2-c2cccc(C)c21. The Hall–Kier alpha value is -2.08. The van der Waals surface area contributed by atoms with E-state index in [4.69, 9.17) is 0 Å². The van der Waals surface area contributed by atoms with Crippen LogP contribution < -0.4 is 0 Å². The third-order valence-corrected chi connectivity index (χ3v) is 3.12. The zero-order valence-electron chi connectivity index (χ0n) is 10.2. The topological polar surface area (TPSA) is 0 Å². The van der Waals surface area contributed by atoms with Gasteiger partial charge in [-0.05, 0) is 40.3 Å². The maximum atomic E-state index is 4.20. The van der Waals surface area contributed by atoms with Gasteiger partial charge in [-0.25, -0.2) is 0 Å². The van der Waals surface area contributed by atoms with E-state index in [1.807, 2.05) is 0 Å². The molecule has 0 atom stereocenters. The quantitative estimate of drug-likeness (QED) is 0.475. The summed E-state index contributed by atoms with van der Waals surface area (Å²) < 4.78 is 0. The smallest absolute Gasteiger partial charge is 0.00756 e. The summed E-state index contributed by atoms with van der Waals surface area (Å²) in [7, 11) is 0. The van der Waals surface area contributed by atoms with Crippen LogP contribution in [0.3, 0.4) is 0 Å². The molecule has 0 unspecified atom stereocenters. The van der Waals surface area contributed by atoms with Crippen molar-refractivity contribution in [1.82, 2.24) is 0 Å². The summed E-state index contributed by atoms with van der Waals surface area (Å²) in [4.78, 5) is 0. The van der Waals surface area contributed by atoms with Crippen LogP contribution in [0.2, 0.25) is 0 Å². The van der Waals surface area contributed by atoms with Crippen molar-refractivity contribution in [2.75, 3.05) is 0 Å². The van der Waals surface area contributed by atoms with Crippen molar-refractivity contribution in [3.63, 3.8) is 0 Å². The van der Waals surface area contributed by atoms with Crippen LogP contribution in [0.4, 0.5) is 0 Å². The lowest BCUT2D eigenvalue weighted by Gasteiger charge is -2.03. The second kappa shape index (κ2) is 4.42. The second-order valence-corrected chi connectivity index (χ2v) is 4.02. The summed E-state index contributed by atoms with van der Waals surface area (Å²) in [5, 5.41) is 0. The Labute approximate surface area is 103 Å². The monoisotopic (exact) mass is 220 g/mol. The average Bonchev–Trinajstić information content (AvgIpc) is 2.68. The van der Waals surface area contributed by atoms with Crippen molar-refractivity contribution in [3.8, 4) is 11.1 Å². The summed E-state index contributed by atoms with van der Waals surface area (Å²) in [6, 6.07) is 14.9. The maximum absolute atomic E-state index is 4.20. The lowest BCUT2D eigenvalue weighted by atomic mass is 10.0. The molecule has 0 saturated heterocycles. The molecule has 2 aromatic carbocycles. The molecule has 0 bridgehead atoms. The molecule has 0 fully saturated rings. The number of aryl methyl sites for hydroxylation is 1. The van der Waals surface area contributed by atoms with Crippen molar-refractivity contribution < 1.29 is 0 Å². The molecule has 17 heavy (non-hydrogen) atoms. The van der Waals surface area contributed by atoms with Gasteiger partial charge in [0.15, 0.2) is 0 Å². The van der Waals surface area contributed by atoms with Crippen molar-refractivity contribution >= 4 is 5.57 Å². The Morgan fingerprint density at radius 3 is 2.06 bits per heavy atom. The Morgan fingerprint density at radius 2 is 1.35 bits per heavy atom. The van der Waals surface area contributed by atoms with Crippen LogP contribution in [0.25, 0.3) is 16.7 Å². The molecular formula is C17H16. The first-order valence-corrected chi connectivity index (χ1v) is 5.67. The molecule has 0 aliphatic heterocycles. The van der Waals surface area contributed by atoms with E-state index in [-0.39, 0.29) is 0 Å². The van der Waals surface area contributed by atoms with Crippen molar-refractivity contribution in [3.05, 3.63) is 78.9 Å². The van der Waals surface area contributed by atoms with E-state index in [2.05, 4.69) is 69.1 Å². The first-order chi connectivity index (χ1) is 8.29. The Bertz CT molecular complexity index is 576. The Kier molecular flexibility index (Phi) is 2.97. The van der Waals surface area contributed by atoms with Gasteiger partial charge in [0.2, 0.25) is 0 Å². The zero-order valence-corrected chi connectivity index (χ0v) is 10.2. The van der Waals surface area contributed by atoms with E-state index in [0.717, 1.165) is 0 Å². The lowest BCUT2D eigenvalue weighted by Crippen LogP contribution is -1.83. The number of fused-ring (bicyclic) bond motifs is 3. The number of benzene rings is 2. The molecule has 0 N–H and O–H groups in total. The molecule has 0 heteroatoms. The Balaban J connectivity index is 0.000000514. The van der Waals surface area contributed by atoms with Gasteiger partial charge in [0.05, 0.1) is 0 Å². The minimum atomic E-state index is 1.17. The fourth-order valence-corrected chi connectivity index (χ4v) is 2.41. The predicted molar refractivity (Wildman–Crippen MR) is 76.0 cm³/mol. The van der Waals surface area contributed by atoms with Crippen molar-refractivity contribution in [2.24, 2.45) is 0 Å². The molecule has 84 valence electrons. The third kappa shape index (κ3) is 1.62. The van der Waals surface area contributed by atoms with Gasteiger partial charge in [-0.2, -0.15) is 0 Å². The van der Waals surface area contributed by atoms with Gasteiger partial charge in [0, 0.05) is 0 Å². The molecule has 3 rings (SSSR count). The van der Waals surface area contributed by atoms with E-state index in [1.54, 1.807) is 0 Å². The van der Waals surface area contributed by atoms with Gasteiger partial charge in [0.25, 0.3) is 0 Å². The summed E-state index contributed by atoms with van der Waals surface area (Å²) in [5.74, 6) is 0. The molecule has 1 aliphatic carbocycles. The van der Waals surface area contributed by atoms with Crippen LogP contribution in [-0.2, 0) is 0 Å². The van der Waals surface area contributed by atoms with Crippen LogP contribution >= 0.6 is 0 Å². The van der Waals surface area contributed by atoms with E-state index < -0.39 is 0 Å². The predicted octanol–water partition coefficient (Wildman–Crippen LogP) is 4.84. The van der Waals surface area contributed by atoms with Gasteiger partial charge in [0.1, 0.15) is 0 Å². The van der Waals surface area contributed by atoms with Gasteiger partial charge in [-0.1, -0.05) is 49.0 Å². The van der Waals surface area contributed by atoms with E-state index in [1.165, 1.54) is 33.4 Å². The van der Waals surface area contributed by atoms with Gasteiger partial charge in [-0.3, -0.25) is 0 Å². The molecule has 0 spiro atoms. The third-order valence-electron chi connectivity index (χ3n) is 3.12. The fourth-order valence-electron chi connectivity index (χ4n) is 2.41. The van der Waals surface area contributed by atoms with Crippen molar-refractivity contribution in [1.29, 1.82) is 0 Å². The van der Waals surface area contributed by atoms with Gasteiger partial charge in [-0.15, -0.1) is 13.2 Å². The van der Waals surface area contributed by atoms with Gasteiger partial charge >= 0.3 is 0 Å². The molecule has 0 saturated carbocycles. The van der Waals surface area contributed by atoms with Crippen LogP contribution in [0.15, 0.2) is 62.2 Å². The summed E-state index contributed by atoms with van der Waals surface area (Å²) in [6.45, 7) is 12.3. The molecule has 2 aromatic rings. The normalized spacial score (nSPS) is 11.2. The fraction of sp³-hybridized carbons (Fsp3) is 0.0588. The highest BCUT2D eigenvalue weighted by atomic mass is 14.2. The maximum Gasteiger partial charge on any atom is -0.00756 e. The lowest BCUT2D eigenvalue weighted by molar-refractivity contribution is 1.45. The highest BCUT2D eigenvalue weighted by Gasteiger charge is 2.22. The van der Waals surface area contributed by atoms with E-state index >= 15 is 0 Å². The Morgan fingerprint density at radius 1 is 0.765 bits per heavy atom. The number of hydrogen-bond acceptors (Lipinski definition) is 0. The standard InChI is InChI=1S/C15H12.C2H4/c1-10-6-5-9-14-13-8-4-3-7-12(13)11(2)15(10)14;1-2/h3-9H,2H2,1H3;1-2H2. The van der Waals surface area contributed by atoms with E-state index in [9.17, 15) is 0 Å². The summed E-state index contributed by atoms with van der Waals surface area (Å²) in [5.41, 5.74) is 7.73. The molecule has 0 heterocycles. The number of rotatable bonds is 0. The van der Waals surface area contributed by atoms with Crippen LogP contribution in [-0.4, -0.2) is 0 Å². The highest BCUT2D eigenvalue weighted by Crippen LogP contribution is 2.44. The van der Waals surface area contributed by atoms with E-state index in [0.29, 0.717) is 0 Å². The number of hydrogen-bond donors (Lipinski definition) is 0. The minimum absolute atomic E-state index is 1.17. The minimum Gasteiger partial charge on any atom is -0.106 e. The van der Waals surface area contributed by atoms with Crippen molar-refractivity contribution in [2.45, 2.75) is 6.92 Å². The van der Waals surface area contributed by atoms with Crippen LogP contribution in [0.5, 0.6) is 0 Å². The molecule has 0 aromatic heterocycles. The van der Waals surface area contributed by atoms with Crippen LogP contribution in [0, 0.1) is 6.92 Å². The molecule has 1 aliphatic rings. The second-order valence-electron chi connectivity index (χ2n) is 4.02. The zero-order chi connectivity index (χ0) is 12.4.